The molecule has 0 amide bonds. The molecule has 1 atom stereocenters. The van der Waals surface area contributed by atoms with E-state index in [1.54, 1.807) is 7.11 Å². The molecule has 1 aromatic rings. The third-order valence-corrected chi connectivity index (χ3v) is 6.01. The molecule has 1 aliphatic heterocycles. The van der Waals surface area contributed by atoms with Crippen LogP contribution in [-0.2, 0) is 6.42 Å². The van der Waals surface area contributed by atoms with E-state index in [9.17, 15) is 4.79 Å². The number of ether oxygens (including phenoxy) is 1. The number of fused-ring (bicyclic) bond motifs is 1. The minimum absolute atomic E-state index is 0.291. The smallest absolute Gasteiger partial charge is 0.183 e. The third kappa shape index (κ3) is 4.75. The van der Waals surface area contributed by atoms with Gasteiger partial charge in [-0.2, -0.15) is 0 Å². The maximum Gasteiger partial charge on any atom is 0.183 e. The molecule has 0 saturated carbocycles. The number of allylic oxidation sites excluding steroid dienone is 3. The van der Waals surface area contributed by atoms with Crippen LogP contribution in [0.1, 0.15) is 75.7 Å². The fraction of sp³-hybridized carbons (Fsp3) is 0.560. The van der Waals surface area contributed by atoms with Crippen molar-refractivity contribution in [1.29, 1.82) is 0 Å². The quantitative estimate of drug-likeness (QED) is 0.585. The van der Waals surface area contributed by atoms with Gasteiger partial charge in [-0.1, -0.05) is 37.6 Å². The molecular weight excluding hydrogens is 346 g/mol. The van der Waals surface area contributed by atoms with E-state index < -0.39 is 0 Å². The van der Waals surface area contributed by atoms with Gasteiger partial charge in [0.05, 0.1) is 12.6 Å². The Morgan fingerprint density at radius 1 is 1.25 bits per heavy atom. The Bertz CT molecular complexity index is 719. The highest BCUT2D eigenvalue weighted by atomic mass is 16.5. The SMILES string of the molecule is C/C=C\C=C(/C)CCN1CCCCC12CCc1cc(OC)ccc1C2=O.CC. The van der Waals surface area contributed by atoms with Gasteiger partial charge in [0.1, 0.15) is 5.75 Å². The van der Waals surface area contributed by atoms with Gasteiger partial charge in [0.15, 0.2) is 5.78 Å². The summed E-state index contributed by atoms with van der Waals surface area (Å²) in [5.41, 5.74) is 3.14. The maximum absolute atomic E-state index is 13.5. The number of rotatable bonds is 5. The molecule has 1 aromatic carbocycles. The van der Waals surface area contributed by atoms with Crippen LogP contribution in [0.3, 0.4) is 0 Å². The lowest BCUT2D eigenvalue weighted by atomic mass is 9.71. The third-order valence-electron chi connectivity index (χ3n) is 6.01. The summed E-state index contributed by atoms with van der Waals surface area (Å²) in [4.78, 5) is 16.0. The summed E-state index contributed by atoms with van der Waals surface area (Å²) in [7, 11) is 1.68. The van der Waals surface area contributed by atoms with Crippen LogP contribution in [0.2, 0.25) is 0 Å². The topological polar surface area (TPSA) is 29.5 Å². The molecule has 3 nitrogen and oxygen atoms in total. The van der Waals surface area contributed by atoms with Crippen LogP contribution in [-0.4, -0.2) is 36.4 Å². The van der Waals surface area contributed by atoms with E-state index >= 15 is 0 Å². The first-order valence-electron chi connectivity index (χ1n) is 10.9. The van der Waals surface area contributed by atoms with Crippen LogP contribution >= 0.6 is 0 Å². The predicted octanol–water partition coefficient (Wildman–Crippen LogP) is 5.99. The highest BCUT2D eigenvalue weighted by Gasteiger charge is 2.47. The number of benzene rings is 1. The zero-order chi connectivity index (χ0) is 20.6. The number of ketones is 1. The summed E-state index contributed by atoms with van der Waals surface area (Å²) in [5, 5.41) is 0. The normalized spacial score (nSPS) is 22.8. The Morgan fingerprint density at radius 3 is 2.75 bits per heavy atom. The Balaban J connectivity index is 0.00000136. The van der Waals surface area contributed by atoms with Gasteiger partial charge in [-0.15, -0.1) is 0 Å². The number of methoxy groups -OCH3 is 1. The van der Waals surface area contributed by atoms with Crippen molar-refractivity contribution in [2.45, 2.75) is 71.8 Å². The van der Waals surface area contributed by atoms with Gasteiger partial charge in [0, 0.05) is 12.1 Å². The van der Waals surface area contributed by atoms with E-state index in [0.717, 1.165) is 62.1 Å². The minimum Gasteiger partial charge on any atom is -0.497 e. The average molecular weight is 384 g/mol. The Labute approximate surface area is 171 Å². The van der Waals surface area contributed by atoms with E-state index in [1.807, 2.05) is 39.0 Å². The van der Waals surface area contributed by atoms with E-state index in [-0.39, 0.29) is 5.54 Å². The molecule has 3 rings (SSSR count). The average Bonchev–Trinajstić information content (AvgIpc) is 2.75. The van der Waals surface area contributed by atoms with Crippen LogP contribution < -0.4 is 4.74 Å². The Kier molecular flexibility index (Phi) is 8.50. The standard InChI is InChI=1S/C23H31NO2.C2H6/c1-4-5-8-18(2)12-16-24-15-7-6-13-23(24)14-11-19-17-20(26-3)9-10-21(19)22(23)25;1-2/h4-5,8-10,17H,6-7,11-16H2,1-3H3;1-2H3/b5-4-,18-8+;. The summed E-state index contributed by atoms with van der Waals surface area (Å²) in [6.07, 6.45) is 12.6. The molecule has 0 radical (unpaired) electrons. The lowest BCUT2D eigenvalue weighted by molar-refractivity contribution is 0.0298. The monoisotopic (exact) mass is 383 g/mol. The number of hydrogen-bond acceptors (Lipinski definition) is 3. The molecule has 154 valence electrons. The van der Waals surface area contributed by atoms with Crippen molar-refractivity contribution in [2.75, 3.05) is 20.2 Å². The Hall–Kier alpha value is -1.87. The second kappa shape index (κ2) is 10.6. The first-order chi connectivity index (χ1) is 13.6. The van der Waals surface area contributed by atoms with Crippen LogP contribution in [0.15, 0.2) is 42.0 Å². The molecule has 0 N–H and O–H groups in total. The fourth-order valence-corrected chi connectivity index (χ4v) is 4.44. The van der Waals surface area contributed by atoms with Crippen LogP contribution in [0, 0.1) is 0 Å². The molecule has 1 unspecified atom stereocenters. The molecule has 1 aliphatic carbocycles. The highest BCUT2D eigenvalue weighted by molar-refractivity contribution is 6.05. The number of carbonyl (C=O) groups excluding carboxylic acids is 1. The molecule has 1 spiro atoms. The lowest BCUT2D eigenvalue weighted by Gasteiger charge is -2.48. The first-order valence-corrected chi connectivity index (χ1v) is 10.9. The zero-order valence-corrected chi connectivity index (χ0v) is 18.4. The van der Waals surface area contributed by atoms with Crippen molar-refractivity contribution in [3.05, 3.63) is 53.1 Å². The van der Waals surface area contributed by atoms with Gasteiger partial charge in [0.2, 0.25) is 0 Å². The molecule has 1 saturated heterocycles. The molecule has 1 heterocycles. The van der Waals surface area contributed by atoms with Gasteiger partial charge in [-0.05, 0) is 82.7 Å². The van der Waals surface area contributed by atoms with Crippen LogP contribution in [0.5, 0.6) is 5.75 Å². The molecule has 2 aliphatic rings. The van der Waals surface area contributed by atoms with E-state index in [1.165, 1.54) is 12.0 Å². The second-order valence-corrected chi connectivity index (χ2v) is 7.62. The van der Waals surface area contributed by atoms with Gasteiger partial charge >= 0.3 is 0 Å². The zero-order valence-electron chi connectivity index (χ0n) is 18.4. The molecule has 0 bridgehead atoms. The summed E-state index contributed by atoms with van der Waals surface area (Å²) in [6.45, 7) is 10.2. The van der Waals surface area contributed by atoms with E-state index in [4.69, 9.17) is 4.74 Å². The molecule has 1 fully saturated rings. The summed E-state index contributed by atoms with van der Waals surface area (Å²) in [5.74, 6) is 1.17. The Morgan fingerprint density at radius 2 is 2.04 bits per heavy atom. The number of aryl methyl sites for hydroxylation is 1. The molecular formula is C25H37NO2. The summed E-state index contributed by atoms with van der Waals surface area (Å²) in [6, 6.07) is 5.94. The minimum atomic E-state index is -0.291. The van der Waals surface area contributed by atoms with Gasteiger partial charge < -0.3 is 4.74 Å². The number of Topliss-reactive ketones (excluding diaryl/α,β-unsaturated/α-hetero) is 1. The van der Waals surface area contributed by atoms with Gasteiger partial charge in [-0.25, -0.2) is 0 Å². The number of likely N-dealkylation sites (tertiary alicyclic amines) is 1. The predicted molar refractivity (Wildman–Crippen MR) is 118 cm³/mol. The number of hydrogen-bond donors (Lipinski definition) is 0. The van der Waals surface area contributed by atoms with Crippen molar-refractivity contribution in [3.63, 3.8) is 0 Å². The van der Waals surface area contributed by atoms with Crippen molar-refractivity contribution in [2.24, 2.45) is 0 Å². The van der Waals surface area contributed by atoms with E-state index in [2.05, 4.69) is 30.1 Å². The van der Waals surface area contributed by atoms with Crippen LogP contribution in [0.4, 0.5) is 0 Å². The van der Waals surface area contributed by atoms with Gasteiger partial charge in [-0.3, -0.25) is 9.69 Å². The van der Waals surface area contributed by atoms with Crippen LogP contribution in [0.25, 0.3) is 0 Å². The van der Waals surface area contributed by atoms with E-state index in [0.29, 0.717) is 5.78 Å². The lowest BCUT2D eigenvalue weighted by Crippen LogP contribution is -2.59. The first kappa shape index (κ1) is 22.4. The van der Waals surface area contributed by atoms with Crippen molar-refractivity contribution >= 4 is 5.78 Å². The molecule has 3 heteroatoms. The van der Waals surface area contributed by atoms with Gasteiger partial charge in [0.25, 0.3) is 0 Å². The number of piperidine rings is 1. The van der Waals surface area contributed by atoms with Crippen molar-refractivity contribution < 1.29 is 9.53 Å². The van der Waals surface area contributed by atoms with Crippen molar-refractivity contribution in [3.8, 4) is 5.75 Å². The fourth-order valence-electron chi connectivity index (χ4n) is 4.44. The summed E-state index contributed by atoms with van der Waals surface area (Å²) < 4.78 is 5.34. The molecule has 0 aromatic heterocycles. The summed E-state index contributed by atoms with van der Waals surface area (Å²) >= 11 is 0. The van der Waals surface area contributed by atoms with Crippen molar-refractivity contribution in [1.82, 2.24) is 4.90 Å². The number of carbonyl (C=O) groups is 1. The molecule has 28 heavy (non-hydrogen) atoms. The number of nitrogens with zero attached hydrogens (tertiary/aromatic N) is 1. The highest BCUT2D eigenvalue weighted by Crippen LogP contribution is 2.40. The second-order valence-electron chi connectivity index (χ2n) is 7.62. The largest absolute Gasteiger partial charge is 0.497 e. The maximum atomic E-state index is 13.5.